The van der Waals surface area contributed by atoms with Crippen LogP contribution in [0.3, 0.4) is 0 Å². The zero-order valence-electron chi connectivity index (χ0n) is 11.0. The molecule has 0 unspecified atom stereocenters. The van der Waals surface area contributed by atoms with E-state index in [9.17, 15) is 0 Å². The summed E-state index contributed by atoms with van der Waals surface area (Å²) in [5.41, 5.74) is 1.93. The molecule has 100 valence electrons. The van der Waals surface area contributed by atoms with Gasteiger partial charge in [-0.2, -0.15) is 5.10 Å². The molecule has 0 aromatic carbocycles. The van der Waals surface area contributed by atoms with Gasteiger partial charge in [-0.05, 0) is 24.7 Å². The molecule has 0 aliphatic rings. The molecule has 0 spiro atoms. The van der Waals surface area contributed by atoms with Crippen molar-refractivity contribution < 1.29 is 4.74 Å². The lowest BCUT2D eigenvalue weighted by molar-refractivity contribution is 0.304. The summed E-state index contributed by atoms with van der Waals surface area (Å²) in [7, 11) is 0. The number of pyridine rings is 1. The molecule has 0 saturated carbocycles. The van der Waals surface area contributed by atoms with Gasteiger partial charge in [0.25, 0.3) is 0 Å². The number of ether oxygens (including phenoxy) is 1. The fourth-order valence-electron chi connectivity index (χ4n) is 1.58. The van der Waals surface area contributed by atoms with Crippen LogP contribution in [0.25, 0.3) is 0 Å². The Morgan fingerprint density at radius 3 is 2.74 bits per heavy atom. The molecule has 0 aliphatic heterocycles. The Labute approximate surface area is 113 Å². The quantitative estimate of drug-likeness (QED) is 0.817. The number of nitrogens with zero attached hydrogens (tertiary/aromatic N) is 3. The van der Waals surface area contributed by atoms with Crippen LogP contribution in [0.4, 0.5) is 0 Å². The molecule has 0 amide bonds. The van der Waals surface area contributed by atoms with E-state index in [2.05, 4.69) is 27.4 Å². The second kappa shape index (κ2) is 7.43. The lowest BCUT2D eigenvalue weighted by atomic mass is 10.3. The van der Waals surface area contributed by atoms with Crippen molar-refractivity contribution in [2.45, 2.75) is 19.9 Å². The molecule has 0 saturated heterocycles. The van der Waals surface area contributed by atoms with Crippen molar-refractivity contribution in [2.24, 2.45) is 0 Å². The van der Waals surface area contributed by atoms with Crippen LogP contribution in [-0.4, -0.2) is 28.3 Å². The molecular weight excluding hydrogens is 240 g/mol. The first-order valence-electron chi connectivity index (χ1n) is 6.44. The highest BCUT2D eigenvalue weighted by Gasteiger charge is 1.99. The van der Waals surface area contributed by atoms with E-state index in [1.165, 1.54) is 0 Å². The predicted octanol–water partition coefficient (Wildman–Crippen LogP) is 1.60. The van der Waals surface area contributed by atoms with Crippen LogP contribution < -0.4 is 10.1 Å². The molecule has 2 aromatic heterocycles. The van der Waals surface area contributed by atoms with Crippen molar-refractivity contribution in [3.63, 3.8) is 0 Å². The first-order valence-corrected chi connectivity index (χ1v) is 6.44. The van der Waals surface area contributed by atoms with Gasteiger partial charge in [-0.3, -0.25) is 4.98 Å². The number of rotatable bonds is 7. The predicted molar refractivity (Wildman–Crippen MR) is 72.8 cm³/mol. The van der Waals surface area contributed by atoms with E-state index in [1.54, 1.807) is 6.20 Å². The Morgan fingerprint density at radius 2 is 2.05 bits per heavy atom. The van der Waals surface area contributed by atoms with Gasteiger partial charge < -0.3 is 10.1 Å². The van der Waals surface area contributed by atoms with E-state index in [-0.39, 0.29) is 0 Å². The van der Waals surface area contributed by atoms with Crippen LogP contribution in [0.5, 0.6) is 5.88 Å². The molecule has 0 radical (unpaired) electrons. The van der Waals surface area contributed by atoms with Gasteiger partial charge in [0.15, 0.2) is 0 Å². The van der Waals surface area contributed by atoms with E-state index in [4.69, 9.17) is 4.74 Å². The largest absolute Gasteiger partial charge is 0.476 e. The fourth-order valence-corrected chi connectivity index (χ4v) is 1.58. The van der Waals surface area contributed by atoms with Crippen molar-refractivity contribution in [2.75, 3.05) is 13.2 Å². The van der Waals surface area contributed by atoms with Gasteiger partial charge in [-0.25, -0.2) is 0 Å². The smallest absolute Gasteiger partial charge is 0.233 e. The minimum Gasteiger partial charge on any atom is -0.476 e. The summed E-state index contributed by atoms with van der Waals surface area (Å²) >= 11 is 0. The highest BCUT2D eigenvalue weighted by atomic mass is 16.5. The Bertz CT molecular complexity index is 473. The van der Waals surface area contributed by atoms with Gasteiger partial charge >= 0.3 is 0 Å². The minimum absolute atomic E-state index is 0.552. The summed E-state index contributed by atoms with van der Waals surface area (Å²) in [6, 6.07) is 9.62. The molecule has 0 fully saturated rings. The molecule has 2 aromatic rings. The van der Waals surface area contributed by atoms with Crippen LogP contribution in [-0.2, 0) is 13.0 Å². The molecule has 2 rings (SSSR count). The van der Waals surface area contributed by atoms with Gasteiger partial charge in [-0.15, -0.1) is 5.10 Å². The van der Waals surface area contributed by atoms with Gasteiger partial charge in [0, 0.05) is 30.9 Å². The van der Waals surface area contributed by atoms with Crippen LogP contribution in [0.1, 0.15) is 18.3 Å². The average molecular weight is 258 g/mol. The highest BCUT2D eigenvalue weighted by Crippen LogP contribution is 2.05. The molecule has 1 N–H and O–H groups in total. The maximum atomic E-state index is 5.54. The third kappa shape index (κ3) is 4.63. The molecule has 5 nitrogen and oxygen atoms in total. The maximum Gasteiger partial charge on any atom is 0.233 e. The molecule has 2 heterocycles. The maximum absolute atomic E-state index is 5.54. The van der Waals surface area contributed by atoms with E-state index in [0.717, 1.165) is 30.9 Å². The monoisotopic (exact) mass is 258 g/mol. The van der Waals surface area contributed by atoms with Crippen molar-refractivity contribution >= 4 is 0 Å². The van der Waals surface area contributed by atoms with Crippen LogP contribution >= 0.6 is 0 Å². The van der Waals surface area contributed by atoms with Crippen molar-refractivity contribution in [1.29, 1.82) is 0 Å². The zero-order valence-corrected chi connectivity index (χ0v) is 11.0. The zero-order chi connectivity index (χ0) is 13.3. The van der Waals surface area contributed by atoms with Crippen molar-refractivity contribution in [3.8, 4) is 5.88 Å². The fraction of sp³-hybridized carbons (Fsp3) is 0.357. The first kappa shape index (κ1) is 13.4. The Balaban J connectivity index is 1.77. The van der Waals surface area contributed by atoms with E-state index < -0.39 is 0 Å². The lowest BCUT2D eigenvalue weighted by Gasteiger charge is -2.05. The highest BCUT2D eigenvalue weighted by molar-refractivity contribution is 5.11. The third-order valence-electron chi connectivity index (χ3n) is 2.59. The normalized spacial score (nSPS) is 10.4. The average Bonchev–Trinajstić information content (AvgIpc) is 2.47. The van der Waals surface area contributed by atoms with E-state index >= 15 is 0 Å². The molecule has 0 bridgehead atoms. The number of hydrogen-bond donors (Lipinski definition) is 1. The molecule has 19 heavy (non-hydrogen) atoms. The molecule has 0 atom stereocenters. The molecule has 5 heteroatoms. The Hall–Kier alpha value is -2.01. The van der Waals surface area contributed by atoms with Crippen LogP contribution in [0.2, 0.25) is 0 Å². The molecular formula is C14H18N4O. The number of hydrogen-bond acceptors (Lipinski definition) is 5. The molecule has 0 aliphatic carbocycles. The van der Waals surface area contributed by atoms with Crippen LogP contribution in [0, 0.1) is 0 Å². The second-order valence-corrected chi connectivity index (χ2v) is 4.06. The van der Waals surface area contributed by atoms with Crippen molar-refractivity contribution in [3.05, 3.63) is 47.9 Å². The first-order chi connectivity index (χ1) is 9.38. The second-order valence-electron chi connectivity index (χ2n) is 4.06. The Kier molecular flexibility index (Phi) is 5.25. The topological polar surface area (TPSA) is 59.9 Å². The van der Waals surface area contributed by atoms with E-state index in [0.29, 0.717) is 12.5 Å². The summed E-state index contributed by atoms with van der Waals surface area (Å²) in [5.74, 6) is 0.552. The number of nitrogens with one attached hydrogen (secondary N) is 1. The summed E-state index contributed by atoms with van der Waals surface area (Å²) in [5, 5.41) is 11.3. The van der Waals surface area contributed by atoms with Gasteiger partial charge in [0.05, 0.1) is 12.3 Å². The summed E-state index contributed by atoms with van der Waals surface area (Å²) in [4.78, 5) is 4.23. The van der Waals surface area contributed by atoms with Gasteiger partial charge in [0.2, 0.25) is 5.88 Å². The SMILES string of the molecule is CCNCc1ccc(OCCc2ccccn2)nn1. The van der Waals surface area contributed by atoms with Crippen LogP contribution in [0.15, 0.2) is 36.5 Å². The Morgan fingerprint density at radius 1 is 1.11 bits per heavy atom. The van der Waals surface area contributed by atoms with Gasteiger partial charge in [-0.1, -0.05) is 13.0 Å². The summed E-state index contributed by atoms with van der Waals surface area (Å²) in [6.45, 7) is 4.27. The summed E-state index contributed by atoms with van der Waals surface area (Å²) in [6.07, 6.45) is 2.55. The third-order valence-corrected chi connectivity index (χ3v) is 2.59. The van der Waals surface area contributed by atoms with E-state index in [1.807, 2.05) is 30.3 Å². The lowest BCUT2D eigenvalue weighted by Crippen LogP contribution is -2.13. The summed E-state index contributed by atoms with van der Waals surface area (Å²) < 4.78 is 5.54. The standard InChI is InChI=1S/C14H18N4O/c1-2-15-11-13-6-7-14(18-17-13)19-10-8-12-5-3-4-9-16-12/h3-7,9,15H,2,8,10-11H2,1H3. The number of aromatic nitrogens is 3. The van der Waals surface area contributed by atoms with Gasteiger partial charge in [0.1, 0.15) is 0 Å². The minimum atomic E-state index is 0.552. The van der Waals surface area contributed by atoms with Crippen molar-refractivity contribution in [1.82, 2.24) is 20.5 Å².